The number of carbonyl (C=O) groups excluding carboxylic acids is 1. The number of hydrogen-bond donors (Lipinski definition) is 0. The Kier molecular flexibility index (Phi) is 4.33. The van der Waals surface area contributed by atoms with E-state index in [9.17, 15) is 4.79 Å². The van der Waals surface area contributed by atoms with E-state index < -0.39 is 0 Å². The Balaban J connectivity index is 2.02. The van der Waals surface area contributed by atoms with Gasteiger partial charge in [0, 0.05) is 12.7 Å². The van der Waals surface area contributed by atoms with Crippen LogP contribution in [0.25, 0.3) is 0 Å². The van der Waals surface area contributed by atoms with Gasteiger partial charge in [0.15, 0.2) is 4.34 Å². The summed E-state index contributed by atoms with van der Waals surface area (Å²) in [6.45, 7) is 1.88. The Morgan fingerprint density at radius 1 is 1.39 bits per heavy atom. The van der Waals surface area contributed by atoms with Crippen LogP contribution in [0.2, 0.25) is 0 Å². The molecule has 0 aliphatic rings. The van der Waals surface area contributed by atoms with Crippen molar-refractivity contribution in [3.05, 3.63) is 35.8 Å². The molecule has 94 valence electrons. The van der Waals surface area contributed by atoms with Crippen LogP contribution in [0.3, 0.4) is 0 Å². The van der Waals surface area contributed by atoms with Gasteiger partial charge in [0.25, 0.3) is 0 Å². The second kappa shape index (κ2) is 5.97. The summed E-state index contributed by atoms with van der Waals surface area (Å²) in [6, 6.07) is 9.60. The van der Waals surface area contributed by atoms with E-state index in [2.05, 4.69) is 10.2 Å². The first-order valence-electron chi connectivity index (χ1n) is 5.44. The number of aromatic nitrogens is 2. The molecular weight excluding hydrogens is 266 g/mol. The molecule has 1 aromatic carbocycles. The number of rotatable bonds is 4. The zero-order valence-electron chi connectivity index (χ0n) is 10.1. The van der Waals surface area contributed by atoms with Crippen LogP contribution in [0.5, 0.6) is 0 Å². The molecule has 1 heterocycles. The Bertz CT molecular complexity index is 501. The number of amides is 1. The lowest BCUT2D eigenvalue weighted by molar-refractivity contribution is -0.117. The SMILES string of the molecule is CC(Sc1nncs1)C(=O)N(C)c1ccccc1. The van der Waals surface area contributed by atoms with Gasteiger partial charge in [0.2, 0.25) is 5.91 Å². The Hall–Kier alpha value is -1.40. The maximum atomic E-state index is 12.2. The van der Waals surface area contributed by atoms with Crippen molar-refractivity contribution >= 4 is 34.7 Å². The minimum absolute atomic E-state index is 0.0569. The van der Waals surface area contributed by atoms with Crippen molar-refractivity contribution in [2.75, 3.05) is 11.9 Å². The van der Waals surface area contributed by atoms with Crippen LogP contribution in [-0.4, -0.2) is 28.4 Å². The summed E-state index contributed by atoms with van der Waals surface area (Å²) in [5.41, 5.74) is 2.56. The number of anilines is 1. The third-order valence-electron chi connectivity index (χ3n) is 2.44. The van der Waals surface area contributed by atoms with Gasteiger partial charge < -0.3 is 4.90 Å². The van der Waals surface area contributed by atoms with Gasteiger partial charge in [-0.3, -0.25) is 4.79 Å². The predicted molar refractivity (Wildman–Crippen MR) is 75.1 cm³/mol. The molecule has 6 heteroatoms. The van der Waals surface area contributed by atoms with Crippen LogP contribution in [0.15, 0.2) is 40.2 Å². The van der Waals surface area contributed by atoms with Crippen LogP contribution in [0.4, 0.5) is 5.69 Å². The smallest absolute Gasteiger partial charge is 0.240 e. The van der Waals surface area contributed by atoms with Gasteiger partial charge in [0.05, 0.1) is 5.25 Å². The number of carbonyl (C=O) groups is 1. The first-order valence-corrected chi connectivity index (χ1v) is 7.20. The third kappa shape index (κ3) is 3.08. The molecule has 0 N–H and O–H groups in total. The fourth-order valence-electron chi connectivity index (χ4n) is 1.47. The highest BCUT2D eigenvalue weighted by Gasteiger charge is 2.20. The third-order valence-corrected chi connectivity index (χ3v) is 4.34. The Labute approximate surface area is 114 Å². The van der Waals surface area contributed by atoms with Gasteiger partial charge >= 0.3 is 0 Å². The lowest BCUT2D eigenvalue weighted by Crippen LogP contribution is -2.33. The standard InChI is InChI=1S/C12H13N3OS2/c1-9(18-12-14-13-8-17-12)11(16)15(2)10-6-4-3-5-7-10/h3-9H,1-2H3. The van der Waals surface area contributed by atoms with Crippen molar-refractivity contribution in [3.63, 3.8) is 0 Å². The zero-order chi connectivity index (χ0) is 13.0. The second-order valence-electron chi connectivity index (χ2n) is 3.70. The fraction of sp³-hybridized carbons (Fsp3) is 0.250. The average molecular weight is 279 g/mol. The quantitative estimate of drug-likeness (QED) is 0.807. The van der Waals surface area contributed by atoms with Crippen LogP contribution >= 0.6 is 23.1 Å². The Morgan fingerprint density at radius 3 is 2.72 bits per heavy atom. The molecule has 0 saturated heterocycles. The van der Waals surface area contributed by atoms with E-state index in [-0.39, 0.29) is 11.2 Å². The van der Waals surface area contributed by atoms with Crippen molar-refractivity contribution in [3.8, 4) is 0 Å². The summed E-state index contributed by atoms with van der Waals surface area (Å²) >= 11 is 2.88. The highest BCUT2D eigenvalue weighted by Crippen LogP contribution is 2.26. The lowest BCUT2D eigenvalue weighted by Gasteiger charge is -2.20. The summed E-state index contributed by atoms with van der Waals surface area (Å²) < 4.78 is 0.817. The summed E-state index contributed by atoms with van der Waals surface area (Å²) in [5, 5.41) is 7.51. The Morgan fingerprint density at radius 2 is 2.11 bits per heavy atom. The minimum atomic E-state index is -0.178. The molecule has 0 spiro atoms. The molecule has 1 atom stereocenters. The van der Waals surface area contributed by atoms with E-state index in [1.54, 1.807) is 17.5 Å². The summed E-state index contributed by atoms with van der Waals surface area (Å²) in [4.78, 5) is 13.9. The highest BCUT2D eigenvalue weighted by molar-refractivity contribution is 8.02. The van der Waals surface area contributed by atoms with Gasteiger partial charge in [-0.1, -0.05) is 41.3 Å². The molecule has 0 saturated carbocycles. The maximum absolute atomic E-state index is 12.2. The molecule has 0 radical (unpaired) electrons. The van der Waals surface area contributed by atoms with E-state index in [1.807, 2.05) is 37.3 Å². The molecule has 0 fully saturated rings. The fourth-order valence-corrected chi connectivity index (χ4v) is 3.19. The zero-order valence-corrected chi connectivity index (χ0v) is 11.7. The monoisotopic (exact) mass is 279 g/mol. The molecule has 0 aliphatic heterocycles. The normalized spacial score (nSPS) is 12.1. The van der Waals surface area contributed by atoms with Crippen LogP contribution in [0, 0.1) is 0 Å². The topological polar surface area (TPSA) is 46.1 Å². The van der Waals surface area contributed by atoms with Crippen LogP contribution < -0.4 is 4.90 Å². The molecule has 1 aromatic heterocycles. The highest BCUT2D eigenvalue weighted by atomic mass is 32.2. The van der Waals surface area contributed by atoms with Gasteiger partial charge in [-0.25, -0.2) is 0 Å². The molecule has 1 amide bonds. The van der Waals surface area contributed by atoms with Gasteiger partial charge in [-0.15, -0.1) is 10.2 Å². The first kappa shape index (κ1) is 13.0. The summed E-state index contributed by atoms with van der Waals surface area (Å²) in [5.74, 6) is 0.0569. The van der Waals surface area contributed by atoms with Crippen molar-refractivity contribution in [1.29, 1.82) is 0 Å². The number of benzene rings is 1. The molecule has 1 unspecified atom stereocenters. The minimum Gasteiger partial charge on any atom is -0.315 e. The van der Waals surface area contributed by atoms with E-state index >= 15 is 0 Å². The molecule has 0 bridgehead atoms. The summed E-state index contributed by atoms with van der Waals surface area (Å²) in [6.07, 6.45) is 0. The molecular formula is C12H13N3OS2. The molecule has 2 aromatic rings. The molecule has 0 aliphatic carbocycles. The van der Waals surface area contributed by atoms with Crippen molar-refractivity contribution in [2.45, 2.75) is 16.5 Å². The van der Waals surface area contributed by atoms with E-state index in [1.165, 1.54) is 23.1 Å². The first-order chi connectivity index (χ1) is 8.68. The largest absolute Gasteiger partial charge is 0.315 e. The average Bonchev–Trinajstić information content (AvgIpc) is 2.91. The van der Waals surface area contributed by atoms with Crippen molar-refractivity contribution < 1.29 is 4.79 Å². The number of hydrogen-bond acceptors (Lipinski definition) is 5. The van der Waals surface area contributed by atoms with Gasteiger partial charge in [0.1, 0.15) is 5.51 Å². The predicted octanol–water partition coefficient (Wildman–Crippen LogP) is 2.68. The number of thioether (sulfide) groups is 1. The lowest BCUT2D eigenvalue weighted by atomic mass is 10.3. The maximum Gasteiger partial charge on any atom is 0.240 e. The number of para-hydroxylation sites is 1. The van der Waals surface area contributed by atoms with Crippen molar-refractivity contribution in [2.24, 2.45) is 0 Å². The van der Waals surface area contributed by atoms with E-state index in [0.29, 0.717) is 0 Å². The second-order valence-corrected chi connectivity index (χ2v) is 6.12. The van der Waals surface area contributed by atoms with Gasteiger partial charge in [-0.2, -0.15) is 0 Å². The van der Waals surface area contributed by atoms with E-state index in [0.717, 1.165) is 10.0 Å². The van der Waals surface area contributed by atoms with Crippen LogP contribution in [-0.2, 0) is 4.79 Å². The van der Waals surface area contributed by atoms with Gasteiger partial charge in [-0.05, 0) is 19.1 Å². The molecule has 2 rings (SSSR count). The summed E-state index contributed by atoms with van der Waals surface area (Å²) in [7, 11) is 1.79. The molecule has 4 nitrogen and oxygen atoms in total. The van der Waals surface area contributed by atoms with Crippen LogP contribution in [0.1, 0.15) is 6.92 Å². The van der Waals surface area contributed by atoms with E-state index in [4.69, 9.17) is 0 Å². The number of nitrogens with zero attached hydrogens (tertiary/aromatic N) is 3. The van der Waals surface area contributed by atoms with Crippen molar-refractivity contribution in [1.82, 2.24) is 10.2 Å². The molecule has 18 heavy (non-hydrogen) atoms.